The van der Waals surface area contributed by atoms with Crippen LogP contribution in [-0.4, -0.2) is 56.2 Å². The van der Waals surface area contributed by atoms with Crippen LogP contribution in [-0.2, 0) is 20.7 Å². The summed E-state index contributed by atoms with van der Waals surface area (Å²) in [6.45, 7) is 5.89. The van der Waals surface area contributed by atoms with Gasteiger partial charge in [-0.25, -0.2) is 0 Å². The normalized spacial score (nSPS) is 17.9. The van der Waals surface area contributed by atoms with Gasteiger partial charge in [0.05, 0.1) is 19.6 Å². The first-order chi connectivity index (χ1) is 11.5. The highest BCUT2D eigenvalue weighted by Crippen LogP contribution is 2.13. The van der Waals surface area contributed by atoms with Crippen molar-refractivity contribution in [1.29, 1.82) is 0 Å². The topological polar surface area (TPSA) is 67.9 Å². The fourth-order valence-electron chi connectivity index (χ4n) is 2.68. The number of hydrogen-bond acceptors (Lipinski definition) is 4. The molecule has 24 heavy (non-hydrogen) atoms. The Balaban J connectivity index is 1.79. The average Bonchev–Trinajstić information content (AvgIpc) is 2.55. The second-order valence-electron chi connectivity index (χ2n) is 6.46. The van der Waals surface area contributed by atoms with Crippen molar-refractivity contribution < 1.29 is 19.1 Å². The van der Waals surface area contributed by atoms with Crippen LogP contribution in [0, 0.1) is 5.92 Å². The predicted molar refractivity (Wildman–Crippen MR) is 90.9 cm³/mol. The Morgan fingerprint density at radius 1 is 1.46 bits per heavy atom. The number of carbonyl (C=O) groups excluding carboxylic acids is 2. The van der Waals surface area contributed by atoms with E-state index in [0.717, 1.165) is 17.9 Å². The molecule has 0 aromatic heterocycles. The van der Waals surface area contributed by atoms with Crippen LogP contribution in [0.3, 0.4) is 0 Å². The van der Waals surface area contributed by atoms with Crippen molar-refractivity contribution in [2.45, 2.75) is 26.4 Å². The third kappa shape index (κ3) is 5.53. The van der Waals surface area contributed by atoms with Gasteiger partial charge in [0, 0.05) is 19.6 Å². The Morgan fingerprint density at radius 3 is 2.96 bits per heavy atom. The van der Waals surface area contributed by atoms with Gasteiger partial charge in [-0.05, 0) is 23.6 Å². The van der Waals surface area contributed by atoms with E-state index in [9.17, 15) is 9.59 Å². The number of ether oxygens (including phenoxy) is 2. The van der Waals surface area contributed by atoms with Crippen molar-refractivity contribution in [3.8, 4) is 5.75 Å². The molecule has 2 rings (SSSR count). The van der Waals surface area contributed by atoms with Crippen LogP contribution in [0.2, 0.25) is 0 Å². The van der Waals surface area contributed by atoms with Gasteiger partial charge in [-0.2, -0.15) is 0 Å². The molecule has 1 fully saturated rings. The smallest absolute Gasteiger partial charge is 0.248 e. The average molecular weight is 334 g/mol. The Hall–Kier alpha value is -2.08. The maximum Gasteiger partial charge on any atom is 0.248 e. The molecule has 1 atom stereocenters. The minimum atomic E-state index is -0.157. The summed E-state index contributed by atoms with van der Waals surface area (Å²) in [6, 6.07) is 7.45. The third-order valence-electron chi connectivity index (χ3n) is 3.83. The van der Waals surface area contributed by atoms with E-state index >= 15 is 0 Å². The highest BCUT2D eigenvalue weighted by atomic mass is 16.5. The lowest BCUT2D eigenvalue weighted by Crippen LogP contribution is -2.51. The zero-order valence-corrected chi connectivity index (χ0v) is 14.6. The number of carbonyl (C=O) groups is 2. The highest BCUT2D eigenvalue weighted by Gasteiger charge is 2.26. The number of nitrogens with zero attached hydrogens (tertiary/aromatic N) is 1. The molecule has 132 valence electrons. The lowest BCUT2D eigenvalue weighted by molar-refractivity contribution is -0.149. The molecule has 6 heteroatoms. The first-order valence-corrected chi connectivity index (χ1v) is 8.27. The number of rotatable bonds is 7. The molecule has 1 unspecified atom stereocenters. The summed E-state index contributed by atoms with van der Waals surface area (Å²) in [6.07, 6.45) is 0.133. The Bertz CT molecular complexity index is 574. The number of hydrogen-bond donors (Lipinski definition) is 1. The zero-order valence-electron chi connectivity index (χ0n) is 14.6. The van der Waals surface area contributed by atoms with Crippen LogP contribution in [0.15, 0.2) is 24.3 Å². The summed E-state index contributed by atoms with van der Waals surface area (Å²) in [5, 5.41) is 2.88. The van der Waals surface area contributed by atoms with Crippen LogP contribution in [0.5, 0.6) is 5.75 Å². The van der Waals surface area contributed by atoms with Gasteiger partial charge in [0.25, 0.3) is 0 Å². The Labute approximate surface area is 143 Å². The van der Waals surface area contributed by atoms with Gasteiger partial charge in [-0.1, -0.05) is 26.0 Å². The summed E-state index contributed by atoms with van der Waals surface area (Å²) in [5.41, 5.74) is 0.896. The van der Waals surface area contributed by atoms with E-state index in [1.807, 2.05) is 29.2 Å². The first kappa shape index (κ1) is 18.3. The minimum Gasteiger partial charge on any atom is -0.497 e. The molecule has 2 amide bonds. The van der Waals surface area contributed by atoms with Gasteiger partial charge in [-0.3, -0.25) is 9.59 Å². The molecule has 1 aromatic carbocycles. The predicted octanol–water partition coefficient (Wildman–Crippen LogP) is 1.24. The van der Waals surface area contributed by atoms with Crippen molar-refractivity contribution in [1.82, 2.24) is 10.2 Å². The standard InChI is InChI=1S/C18H26N2O4/c1-13(2)10-20-11-16(24-12-18(20)22)9-19-17(21)8-14-5-4-6-15(7-14)23-3/h4-7,13,16H,8-12H2,1-3H3,(H,19,21). The molecule has 1 aromatic rings. The third-order valence-corrected chi connectivity index (χ3v) is 3.83. The molecule has 0 radical (unpaired) electrons. The van der Waals surface area contributed by atoms with Crippen LogP contribution < -0.4 is 10.1 Å². The molecule has 1 heterocycles. The number of nitrogens with one attached hydrogen (secondary N) is 1. The van der Waals surface area contributed by atoms with E-state index in [1.54, 1.807) is 7.11 Å². The molecule has 0 spiro atoms. The van der Waals surface area contributed by atoms with E-state index in [1.165, 1.54) is 0 Å². The summed E-state index contributed by atoms with van der Waals surface area (Å²) in [5.74, 6) is 1.09. The van der Waals surface area contributed by atoms with Crippen LogP contribution >= 0.6 is 0 Å². The van der Waals surface area contributed by atoms with Crippen molar-refractivity contribution in [2.75, 3.05) is 33.4 Å². The molecule has 0 saturated carbocycles. The van der Waals surface area contributed by atoms with Gasteiger partial charge in [0.1, 0.15) is 12.4 Å². The largest absolute Gasteiger partial charge is 0.497 e. The quantitative estimate of drug-likeness (QED) is 0.815. The van der Waals surface area contributed by atoms with E-state index < -0.39 is 0 Å². The number of benzene rings is 1. The van der Waals surface area contributed by atoms with Gasteiger partial charge in [0.2, 0.25) is 11.8 Å². The van der Waals surface area contributed by atoms with Crippen molar-refractivity contribution in [3.05, 3.63) is 29.8 Å². The second-order valence-corrected chi connectivity index (χ2v) is 6.46. The first-order valence-electron chi connectivity index (χ1n) is 8.27. The number of amides is 2. The van der Waals surface area contributed by atoms with E-state index in [0.29, 0.717) is 25.4 Å². The lowest BCUT2D eigenvalue weighted by Gasteiger charge is -2.33. The van der Waals surface area contributed by atoms with Crippen LogP contribution in [0.25, 0.3) is 0 Å². The zero-order chi connectivity index (χ0) is 17.5. The fraction of sp³-hybridized carbons (Fsp3) is 0.556. The second kappa shape index (κ2) is 8.68. The Kier molecular flexibility index (Phi) is 6.61. The molecule has 0 aliphatic carbocycles. The fourth-order valence-corrected chi connectivity index (χ4v) is 2.68. The monoisotopic (exact) mass is 334 g/mol. The molecular weight excluding hydrogens is 308 g/mol. The van der Waals surface area contributed by atoms with Crippen LogP contribution in [0.1, 0.15) is 19.4 Å². The summed E-state index contributed by atoms with van der Waals surface area (Å²) < 4.78 is 10.7. The van der Waals surface area contributed by atoms with Crippen molar-refractivity contribution in [2.24, 2.45) is 5.92 Å². The van der Waals surface area contributed by atoms with Gasteiger partial charge in [0.15, 0.2) is 0 Å². The summed E-state index contributed by atoms with van der Waals surface area (Å²) >= 11 is 0. The highest BCUT2D eigenvalue weighted by molar-refractivity contribution is 5.79. The number of methoxy groups -OCH3 is 1. The van der Waals surface area contributed by atoms with Gasteiger partial charge < -0.3 is 19.7 Å². The Morgan fingerprint density at radius 2 is 2.25 bits per heavy atom. The molecule has 1 aliphatic heterocycles. The maximum atomic E-state index is 12.1. The van der Waals surface area contributed by atoms with E-state index in [4.69, 9.17) is 9.47 Å². The van der Waals surface area contributed by atoms with E-state index in [-0.39, 0.29) is 24.5 Å². The van der Waals surface area contributed by atoms with Crippen molar-refractivity contribution >= 4 is 11.8 Å². The lowest BCUT2D eigenvalue weighted by atomic mass is 10.1. The minimum absolute atomic E-state index is 0.0163. The summed E-state index contributed by atoms with van der Waals surface area (Å²) in [7, 11) is 1.60. The van der Waals surface area contributed by atoms with Gasteiger partial charge >= 0.3 is 0 Å². The SMILES string of the molecule is COc1cccc(CC(=O)NCC2CN(CC(C)C)C(=O)CO2)c1. The maximum absolute atomic E-state index is 12.1. The van der Waals surface area contributed by atoms with Crippen molar-refractivity contribution in [3.63, 3.8) is 0 Å². The molecule has 6 nitrogen and oxygen atoms in total. The summed E-state index contributed by atoms with van der Waals surface area (Å²) in [4.78, 5) is 25.7. The number of morpholine rings is 1. The molecule has 1 aliphatic rings. The van der Waals surface area contributed by atoms with Gasteiger partial charge in [-0.15, -0.1) is 0 Å². The molecule has 0 bridgehead atoms. The molecule has 1 N–H and O–H groups in total. The van der Waals surface area contributed by atoms with E-state index in [2.05, 4.69) is 19.2 Å². The molecular formula is C18H26N2O4. The van der Waals surface area contributed by atoms with Crippen LogP contribution in [0.4, 0.5) is 0 Å². The molecule has 1 saturated heterocycles.